The third-order valence-electron chi connectivity index (χ3n) is 14.3. The maximum Gasteiger partial charge on any atom is 0.437 e. The number of fused-ring (bicyclic) bond motifs is 5. The second-order valence-corrected chi connectivity index (χ2v) is 23.8. The number of nitrogens with zero attached hydrogens (tertiary/aromatic N) is 3. The molecule has 0 bridgehead atoms. The average molecular weight is 1000 g/mol. The zero-order valence-corrected chi connectivity index (χ0v) is 41.5. The van der Waals surface area contributed by atoms with Crippen molar-refractivity contribution in [3.63, 3.8) is 0 Å². The topological polar surface area (TPSA) is 212 Å². The summed E-state index contributed by atoms with van der Waals surface area (Å²) in [7, 11) is -4.12. The molecule has 70 heavy (non-hydrogen) atoms. The maximum atomic E-state index is 15.1. The number of carbonyl (C=O) groups excluding carboxylic acids is 5. The minimum Gasteiger partial charge on any atom is -0.490 e. The van der Waals surface area contributed by atoms with Gasteiger partial charge in [-0.1, -0.05) is 38.8 Å². The molecule has 8 rings (SSSR count). The Balaban J connectivity index is 1.10. The summed E-state index contributed by atoms with van der Waals surface area (Å²) in [6, 6.07) is 2.01. The van der Waals surface area contributed by atoms with E-state index in [0.29, 0.717) is 75.6 Å². The van der Waals surface area contributed by atoms with Gasteiger partial charge in [-0.05, 0) is 103 Å². The van der Waals surface area contributed by atoms with Crippen LogP contribution in [0.25, 0.3) is 10.9 Å². The molecule has 4 aliphatic heterocycles. The smallest absolute Gasteiger partial charge is 0.437 e. The highest BCUT2D eigenvalue weighted by Gasteiger charge is 2.64. The third kappa shape index (κ3) is 10.9. The Kier molecular flexibility index (Phi) is 13.9. The number of halogens is 3. The monoisotopic (exact) mass is 1000 g/mol. The Morgan fingerprint density at radius 2 is 1.74 bits per heavy atom. The Hall–Kier alpha value is -5.34. The van der Waals surface area contributed by atoms with Crippen LogP contribution in [-0.2, 0) is 46.5 Å². The van der Waals surface area contributed by atoms with Crippen LogP contribution in [0, 0.1) is 11.8 Å². The second kappa shape index (κ2) is 19.0. The minimum absolute atomic E-state index is 0.0129. The van der Waals surface area contributed by atoms with Crippen LogP contribution in [0.2, 0.25) is 0 Å². The molecular weight excluding hydrogens is 938 g/mol. The number of piperidine rings is 1. The molecule has 1 aromatic heterocycles. The first-order chi connectivity index (χ1) is 32.8. The van der Waals surface area contributed by atoms with E-state index < -0.39 is 97.0 Å². The van der Waals surface area contributed by atoms with Gasteiger partial charge in [0.1, 0.15) is 40.7 Å². The molecule has 1 spiro atoms. The van der Waals surface area contributed by atoms with E-state index in [2.05, 4.69) is 20.3 Å². The molecule has 21 heteroatoms. The number of alkyl halides is 3. The van der Waals surface area contributed by atoms with Gasteiger partial charge in [0.2, 0.25) is 21.8 Å². The molecule has 2 saturated carbocycles. The average Bonchev–Trinajstić information content (AvgIpc) is 4.17. The van der Waals surface area contributed by atoms with Crippen LogP contribution in [0.15, 0.2) is 30.4 Å². The molecule has 0 radical (unpaired) electrons. The molecule has 3 N–H and O–H groups in total. The molecule has 0 unspecified atom stereocenters. The second-order valence-electron chi connectivity index (χ2n) is 21.6. The summed E-state index contributed by atoms with van der Waals surface area (Å²) >= 11 is 0. The number of allylic oxidation sites excluding steroid dienone is 1. The van der Waals surface area contributed by atoms with E-state index in [1.807, 2.05) is 19.9 Å². The summed E-state index contributed by atoms with van der Waals surface area (Å²) < 4.78 is 96.8. The Labute approximate surface area is 406 Å². The number of aryl methyl sites for hydroxylation is 1. The summed E-state index contributed by atoms with van der Waals surface area (Å²) in [5.74, 6) is -3.20. The number of benzene rings is 1. The zero-order valence-electron chi connectivity index (χ0n) is 40.7. The van der Waals surface area contributed by atoms with Gasteiger partial charge in [0.15, 0.2) is 11.4 Å². The molecule has 1 aromatic carbocycles. The van der Waals surface area contributed by atoms with Gasteiger partial charge in [-0.2, -0.15) is 13.2 Å². The highest BCUT2D eigenvalue weighted by molar-refractivity contribution is 7.91. The van der Waals surface area contributed by atoms with Crippen LogP contribution in [-0.4, -0.2) is 119 Å². The van der Waals surface area contributed by atoms with E-state index in [1.54, 1.807) is 43.9 Å². The highest BCUT2D eigenvalue weighted by Crippen LogP contribution is 2.51. The summed E-state index contributed by atoms with van der Waals surface area (Å²) in [5, 5.41) is 5.85. The van der Waals surface area contributed by atoms with E-state index in [0.717, 1.165) is 0 Å². The van der Waals surface area contributed by atoms with Crippen LogP contribution < -0.4 is 24.8 Å². The molecule has 384 valence electrons. The van der Waals surface area contributed by atoms with Crippen molar-refractivity contribution in [3.05, 3.63) is 41.6 Å². The van der Waals surface area contributed by atoms with Gasteiger partial charge >= 0.3 is 18.4 Å². The standard InChI is InChI=1S/C49H65F3N6O11S/c1-29(2)27-66-43(62)54-36-13-11-9-7-8-10-12-30-25-48(30,42(61)56-70(64,65)46(6)20-21-46)55-40(59)37-26-47(28-58(37)41(36)60)19-16-33-34-24-32(14-15-35(34)53-39(38(33)68-47)49(50,51)52)67-31-17-22-57(23-18-31)44(63)69-45(3,4)5/h10,12,14-15,24,29-31,36-37H,7-9,11,13,16-23,25-28H2,1-6H3,(H,54,62)(H,55,59)(H,56,61)/b12-10-/t30-,36+,37+,47-,48-/m1/s1. The SMILES string of the molecule is CC(C)COC(=O)N[C@H]1CCCCC/C=C\[C@@H]2C[C@@]2(C(=O)NS(=O)(=O)C2(C)CC2)NC(=O)[C@@H]2C[C@]3(CCc4c(c(C(F)(F)F)nc5ccc(OC6CCN(C(=O)OC(C)(C)C)CC6)cc45)O3)CN2C1=O. The molecule has 17 nitrogen and oxygen atoms in total. The quantitative estimate of drug-likeness (QED) is 0.232. The van der Waals surface area contributed by atoms with Crippen molar-refractivity contribution in [2.24, 2.45) is 11.8 Å². The fourth-order valence-corrected chi connectivity index (χ4v) is 11.2. The summed E-state index contributed by atoms with van der Waals surface area (Å²) in [4.78, 5) is 76.5. The number of carbonyl (C=O) groups is 5. The van der Waals surface area contributed by atoms with Gasteiger partial charge in [-0.25, -0.2) is 23.0 Å². The summed E-state index contributed by atoms with van der Waals surface area (Å²) in [6.45, 7) is 11.1. The van der Waals surface area contributed by atoms with Crippen LogP contribution in [0.3, 0.4) is 0 Å². The van der Waals surface area contributed by atoms with Gasteiger partial charge in [0, 0.05) is 49.2 Å². The Morgan fingerprint density at radius 1 is 1.01 bits per heavy atom. The predicted octanol–water partition coefficient (Wildman–Crippen LogP) is 6.84. The van der Waals surface area contributed by atoms with Crippen molar-refractivity contribution >= 4 is 50.8 Å². The molecule has 2 saturated heterocycles. The number of amides is 5. The van der Waals surface area contributed by atoms with Crippen molar-refractivity contribution in [2.45, 2.75) is 171 Å². The van der Waals surface area contributed by atoms with Crippen molar-refractivity contribution in [1.82, 2.24) is 30.1 Å². The number of pyridine rings is 1. The summed E-state index contributed by atoms with van der Waals surface area (Å²) in [5.41, 5.74) is -4.93. The highest BCUT2D eigenvalue weighted by atomic mass is 32.2. The van der Waals surface area contributed by atoms with Gasteiger partial charge in [-0.3, -0.25) is 19.1 Å². The first-order valence-electron chi connectivity index (χ1n) is 24.5. The molecule has 5 atom stereocenters. The lowest BCUT2D eigenvalue weighted by atomic mass is 9.87. The number of nitrogens with one attached hydrogen (secondary N) is 3. The molecule has 2 aliphatic carbocycles. The number of ether oxygens (including phenoxy) is 4. The van der Waals surface area contributed by atoms with E-state index >= 15 is 13.2 Å². The molecule has 5 heterocycles. The van der Waals surface area contributed by atoms with Gasteiger partial charge in [0.05, 0.1) is 23.4 Å². The lowest BCUT2D eigenvalue weighted by molar-refractivity contribution is -0.144. The number of sulfonamides is 1. The number of aromatic nitrogens is 1. The first kappa shape index (κ1) is 51.0. The fourth-order valence-electron chi connectivity index (χ4n) is 9.88. The summed E-state index contributed by atoms with van der Waals surface area (Å²) in [6.07, 6.45) is 1.24. The lowest BCUT2D eigenvalue weighted by Crippen LogP contribution is -2.58. The van der Waals surface area contributed by atoms with Gasteiger partial charge in [-0.15, -0.1) is 0 Å². The molecular formula is C49H65F3N6O11S. The number of likely N-dealkylation sites (tertiary alicyclic amines) is 1. The fraction of sp³-hybridized carbons (Fsp3) is 0.673. The Bertz CT molecular complexity index is 2540. The van der Waals surface area contributed by atoms with E-state index in [9.17, 15) is 32.4 Å². The van der Waals surface area contributed by atoms with Crippen molar-refractivity contribution in [1.29, 1.82) is 0 Å². The Morgan fingerprint density at radius 3 is 2.41 bits per heavy atom. The van der Waals surface area contributed by atoms with Crippen LogP contribution in [0.4, 0.5) is 22.8 Å². The molecule has 5 amide bonds. The lowest BCUT2D eigenvalue weighted by Gasteiger charge is -2.37. The normalized spacial score (nSPS) is 27.7. The number of alkyl carbamates (subject to hydrolysis) is 1. The number of rotatable bonds is 8. The predicted molar refractivity (Wildman–Crippen MR) is 249 cm³/mol. The largest absolute Gasteiger partial charge is 0.490 e. The van der Waals surface area contributed by atoms with Gasteiger partial charge in [0.25, 0.3) is 5.91 Å². The van der Waals surface area contributed by atoms with Crippen LogP contribution in [0.1, 0.15) is 130 Å². The first-order valence-corrected chi connectivity index (χ1v) is 26.0. The van der Waals surface area contributed by atoms with Crippen molar-refractivity contribution in [3.8, 4) is 11.5 Å². The zero-order chi connectivity index (χ0) is 50.6. The molecule has 2 aromatic rings. The van der Waals surface area contributed by atoms with Crippen molar-refractivity contribution in [2.75, 3.05) is 26.2 Å². The third-order valence-corrected chi connectivity index (χ3v) is 16.4. The van der Waals surface area contributed by atoms with Crippen LogP contribution in [0.5, 0.6) is 11.5 Å². The van der Waals surface area contributed by atoms with Crippen LogP contribution >= 0.6 is 0 Å². The molecule has 6 aliphatic rings. The van der Waals surface area contributed by atoms with E-state index in [-0.39, 0.29) is 68.4 Å². The maximum absolute atomic E-state index is 15.1. The van der Waals surface area contributed by atoms with Gasteiger partial charge < -0.3 is 39.4 Å². The number of hydrogen-bond acceptors (Lipinski definition) is 12. The molecule has 4 fully saturated rings. The van der Waals surface area contributed by atoms with E-state index in [1.165, 1.54) is 17.9 Å². The number of hydrogen-bond donors (Lipinski definition) is 3. The van der Waals surface area contributed by atoms with Crippen molar-refractivity contribution < 1.29 is 64.5 Å². The van der Waals surface area contributed by atoms with E-state index in [4.69, 9.17) is 18.9 Å². The minimum atomic E-state index is -4.98.